The fraction of sp³-hybridized carbons (Fsp3) is 0.190. The summed E-state index contributed by atoms with van der Waals surface area (Å²) in [6.07, 6.45) is 1.70. The molecule has 0 saturated carbocycles. The molecule has 4 rings (SSSR count). The molecule has 0 radical (unpaired) electrons. The molecular weight excluding hydrogens is 438 g/mol. The Bertz CT molecular complexity index is 1300. The van der Waals surface area contributed by atoms with Crippen LogP contribution in [0.4, 0.5) is 5.69 Å². The number of nitrogens with zero attached hydrogens (tertiary/aromatic N) is 2. The maximum atomic E-state index is 13.3. The summed E-state index contributed by atoms with van der Waals surface area (Å²) < 4.78 is 60.0. The van der Waals surface area contributed by atoms with Crippen molar-refractivity contribution in [2.75, 3.05) is 10.5 Å². The van der Waals surface area contributed by atoms with E-state index in [4.69, 9.17) is 4.42 Å². The van der Waals surface area contributed by atoms with Gasteiger partial charge in [-0.2, -0.15) is 17.9 Å². The second kappa shape index (κ2) is 8.20. The van der Waals surface area contributed by atoms with E-state index in [9.17, 15) is 16.8 Å². The molecule has 0 amide bonds. The minimum absolute atomic E-state index is 0.0860. The second-order valence-electron chi connectivity index (χ2n) is 6.92. The second-order valence-corrected chi connectivity index (χ2v) is 10.7. The molecule has 0 fully saturated rings. The summed E-state index contributed by atoms with van der Waals surface area (Å²) in [4.78, 5) is 0.108. The monoisotopic (exact) mass is 459 g/mol. The van der Waals surface area contributed by atoms with Crippen LogP contribution in [0.5, 0.6) is 0 Å². The van der Waals surface area contributed by atoms with E-state index in [0.717, 1.165) is 4.41 Å². The summed E-state index contributed by atoms with van der Waals surface area (Å²) >= 11 is 0. The molecule has 1 atom stereocenters. The predicted octanol–water partition coefficient (Wildman–Crippen LogP) is 3.58. The number of furan rings is 1. The SMILES string of the molecule is CCS(=O)(=O)Nc1ccccc1C1=NN(S(=O)(=O)c2ccccc2)C(c2ccco2)C1. The van der Waals surface area contributed by atoms with Crippen LogP contribution in [0.2, 0.25) is 0 Å². The lowest BCUT2D eigenvalue weighted by Gasteiger charge is -2.21. The lowest BCUT2D eigenvalue weighted by atomic mass is 10.0. The van der Waals surface area contributed by atoms with Crippen LogP contribution in [0.3, 0.4) is 0 Å². The van der Waals surface area contributed by atoms with Gasteiger partial charge < -0.3 is 4.42 Å². The van der Waals surface area contributed by atoms with E-state index >= 15 is 0 Å². The lowest BCUT2D eigenvalue weighted by Crippen LogP contribution is -2.27. The van der Waals surface area contributed by atoms with Crippen molar-refractivity contribution in [1.82, 2.24) is 4.41 Å². The standard InChI is InChI=1S/C21H21N3O5S2/c1-2-30(25,26)23-18-12-7-6-11-17(18)19-15-20(21-13-8-14-29-21)24(22-19)31(27,28)16-9-4-3-5-10-16/h3-14,20,23H,2,15H2,1H3. The Hall–Kier alpha value is -3.11. The van der Waals surface area contributed by atoms with Crippen molar-refractivity contribution in [2.45, 2.75) is 24.3 Å². The summed E-state index contributed by atoms with van der Waals surface area (Å²) in [6, 6.07) is 17.5. The summed E-state index contributed by atoms with van der Waals surface area (Å²) in [5.41, 5.74) is 1.30. The number of nitrogens with one attached hydrogen (secondary N) is 1. The highest BCUT2D eigenvalue weighted by atomic mass is 32.2. The maximum absolute atomic E-state index is 13.3. The molecule has 10 heteroatoms. The first-order chi connectivity index (χ1) is 14.8. The van der Waals surface area contributed by atoms with Gasteiger partial charge in [0, 0.05) is 12.0 Å². The predicted molar refractivity (Wildman–Crippen MR) is 118 cm³/mol. The molecule has 0 saturated heterocycles. The van der Waals surface area contributed by atoms with Crippen LogP contribution in [0, 0.1) is 0 Å². The Morgan fingerprint density at radius 3 is 2.39 bits per heavy atom. The van der Waals surface area contributed by atoms with E-state index in [0.29, 0.717) is 22.7 Å². The first-order valence-electron chi connectivity index (χ1n) is 9.62. The van der Waals surface area contributed by atoms with Gasteiger partial charge in [-0.1, -0.05) is 36.4 Å². The van der Waals surface area contributed by atoms with Crippen molar-refractivity contribution in [3.05, 3.63) is 84.3 Å². The van der Waals surface area contributed by atoms with Gasteiger partial charge in [-0.25, -0.2) is 8.42 Å². The molecule has 8 nitrogen and oxygen atoms in total. The van der Waals surface area contributed by atoms with Crippen LogP contribution in [-0.4, -0.2) is 32.7 Å². The Morgan fingerprint density at radius 2 is 1.71 bits per heavy atom. The van der Waals surface area contributed by atoms with Gasteiger partial charge in [0.05, 0.1) is 28.3 Å². The zero-order chi connectivity index (χ0) is 22.1. The molecule has 1 aliphatic rings. The summed E-state index contributed by atoms with van der Waals surface area (Å²) in [6.45, 7) is 1.54. The van der Waals surface area contributed by atoms with Gasteiger partial charge in [0.25, 0.3) is 10.0 Å². The highest BCUT2D eigenvalue weighted by Crippen LogP contribution is 2.38. The summed E-state index contributed by atoms with van der Waals surface area (Å²) in [7, 11) is -7.48. The van der Waals surface area contributed by atoms with Gasteiger partial charge in [-0.15, -0.1) is 0 Å². The molecule has 1 aromatic heterocycles. The van der Waals surface area contributed by atoms with Crippen molar-refractivity contribution in [1.29, 1.82) is 0 Å². The maximum Gasteiger partial charge on any atom is 0.279 e. The number of sulfonamides is 2. The average Bonchev–Trinajstić information content (AvgIpc) is 3.45. The Morgan fingerprint density at radius 1 is 1.00 bits per heavy atom. The van der Waals surface area contributed by atoms with E-state index in [2.05, 4.69) is 9.82 Å². The smallest absolute Gasteiger partial charge is 0.279 e. The third-order valence-corrected chi connectivity index (χ3v) is 7.90. The third kappa shape index (κ3) is 4.21. The first-order valence-corrected chi connectivity index (χ1v) is 12.7. The highest BCUT2D eigenvalue weighted by Gasteiger charge is 2.39. The number of hydrazone groups is 1. The number of hydrogen-bond donors (Lipinski definition) is 1. The van der Waals surface area contributed by atoms with Gasteiger partial charge in [0.2, 0.25) is 10.0 Å². The van der Waals surface area contributed by atoms with E-state index in [-0.39, 0.29) is 17.1 Å². The quantitative estimate of drug-likeness (QED) is 0.581. The Labute approximate surface area is 181 Å². The number of hydrogen-bond acceptors (Lipinski definition) is 6. The molecule has 0 spiro atoms. The van der Waals surface area contributed by atoms with Gasteiger partial charge in [0.15, 0.2) is 0 Å². The largest absolute Gasteiger partial charge is 0.467 e. The summed E-state index contributed by atoms with van der Waals surface area (Å²) in [5.74, 6) is 0.363. The highest BCUT2D eigenvalue weighted by molar-refractivity contribution is 7.92. The molecular formula is C21H21N3O5S2. The zero-order valence-electron chi connectivity index (χ0n) is 16.7. The van der Waals surface area contributed by atoms with Crippen molar-refractivity contribution >= 4 is 31.4 Å². The van der Waals surface area contributed by atoms with Crippen molar-refractivity contribution in [3.8, 4) is 0 Å². The molecule has 2 heterocycles. The number of rotatable bonds is 7. The molecule has 0 bridgehead atoms. The van der Waals surface area contributed by atoms with Crippen LogP contribution in [0.25, 0.3) is 0 Å². The third-order valence-electron chi connectivity index (χ3n) is 4.91. The van der Waals surface area contributed by atoms with E-state index in [1.165, 1.54) is 18.4 Å². The molecule has 3 aromatic rings. The topological polar surface area (TPSA) is 109 Å². The number of anilines is 1. The average molecular weight is 460 g/mol. The van der Waals surface area contributed by atoms with Gasteiger partial charge in [0.1, 0.15) is 11.8 Å². The minimum atomic E-state index is -3.96. The van der Waals surface area contributed by atoms with E-state index < -0.39 is 26.1 Å². The Kier molecular flexibility index (Phi) is 5.59. The van der Waals surface area contributed by atoms with Gasteiger partial charge in [-0.05, 0) is 37.3 Å². The van der Waals surface area contributed by atoms with Crippen LogP contribution in [-0.2, 0) is 20.0 Å². The number of benzene rings is 2. The molecule has 162 valence electrons. The van der Waals surface area contributed by atoms with E-state index in [1.54, 1.807) is 61.5 Å². The normalized spacial score (nSPS) is 16.9. The van der Waals surface area contributed by atoms with Gasteiger partial charge in [-0.3, -0.25) is 4.72 Å². The van der Waals surface area contributed by atoms with Crippen molar-refractivity contribution in [2.24, 2.45) is 5.10 Å². The molecule has 0 aliphatic carbocycles. The fourth-order valence-corrected chi connectivity index (χ4v) is 5.42. The molecule has 1 aliphatic heterocycles. The van der Waals surface area contributed by atoms with Crippen LogP contribution in [0.1, 0.15) is 30.7 Å². The molecule has 1 unspecified atom stereocenters. The first kappa shape index (κ1) is 21.1. The minimum Gasteiger partial charge on any atom is -0.467 e. The van der Waals surface area contributed by atoms with Crippen LogP contribution in [0.15, 0.2) is 87.4 Å². The van der Waals surface area contributed by atoms with Crippen molar-refractivity contribution < 1.29 is 21.3 Å². The van der Waals surface area contributed by atoms with Crippen LogP contribution >= 0.6 is 0 Å². The fourth-order valence-electron chi connectivity index (χ4n) is 3.33. The molecule has 2 aromatic carbocycles. The van der Waals surface area contributed by atoms with Crippen LogP contribution < -0.4 is 4.72 Å². The Balaban J connectivity index is 1.80. The zero-order valence-corrected chi connectivity index (χ0v) is 18.3. The molecule has 31 heavy (non-hydrogen) atoms. The van der Waals surface area contributed by atoms with E-state index in [1.807, 2.05) is 0 Å². The number of para-hydroxylation sites is 1. The van der Waals surface area contributed by atoms with Crippen molar-refractivity contribution in [3.63, 3.8) is 0 Å². The molecule has 1 N–H and O–H groups in total. The summed E-state index contributed by atoms with van der Waals surface area (Å²) in [5, 5.41) is 4.43. The lowest BCUT2D eigenvalue weighted by molar-refractivity contribution is 0.320. The van der Waals surface area contributed by atoms with Gasteiger partial charge >= 0.3 is 0 Å².